The quantitative estimate of drug-likeness (QED) is 0.518. The molecule has 0 aliphatic rings. The third-order valence-corrected chi connectivity index (χ3v) is 5.54. The molecule has 0 aliphatic heterocycles. The molecule has 0 spiro atoms. The van der Waals surface area contributed by atoms with Gasteiger partial charge < -0.3 is 5.11 Å². The van der Waals surface area contributed by atoms with Crippen molar-refractivity contribution < 1.29 is 9.50 Å². The van der Waals surface area contributed by atoms with Gasteiger partial charge in [-0.25, -0.2) is 14.2 Å². The second-order valence-corrected chi connectivity index (χ2v) is 7.90. The minimum absolute atomic E-state index is 0.0305. The van der Waals surface area contributed by atoms with Crippen LogP contribution in [0.1, 0.15) is 43.6 Å². The Hall–Kier alpha value is -3.59. The molecule has 3 aromatic heterocycles. The number of rotatable bonds is 5. The molecule has 9 heteroatoms. The Balaban J connectivity index is 2.06. The summed E-state index contributed by atoms with van der Waals surface area (Å²) in [5, 5.41) is 13.7. The molecule has 32 heavy (non-hydrogen) atoms. The highest BCUT2D eigenvalue weighted by molar-refractivity contribution is 5.82. The summed E-state index contributed by atoms with van der Waals surface area (Å²) in [5.41, 5.74) is 1.64. The van der Waals surface area contributed by atoms with Crippen molar-refractivity contribution in [2.24, 2.45) is 0 Å². The number of aliphatic hydroxyl groups is 1. The predicted molar refractivity (Wildman–Crippen MR) is 119 cm³/mol. The van der Waals surface area contributed by atoms with Crippen LogP contribution in [0, 0.1) is 12.7 Å². The number of hydrogen-bond donors (Lipinski definition) is 1. The number of aliphatic hydroxyl groups excluding tert-OH is 1. The van der Waals surface area contributed by atoms with E-state index in [2.05, 4.69) is 10.1 Å². The minimum Gasteiger partial charge on any atom is -0.388 e. The second kappa shape index (κ2) is 8.16. The van der Waals surface area contributed by atoms with E-state index in [-0.39, 0.29) is 29.5 Å². The van der Waals surface area contributed by atoms with Gasteiger partial charge in [0.15, 0.2) is 17.5 Å². The molecule has 3 heterocycles. The molecule has 0 fully saturated rings. The van der Waals surface area contributed by atoms with Gasteiger partial charge in [-0.05, 0) is 43.0 Å². The van der Waals surface area contributed by atoms with Crippen molar-refractivity contribution in [3.63, 3.8) is 0 Å². The normalized spacial score (nSPS) is 11.6. The van der Waals surface area contributed by atoms with Gasteiger partial charge in [-0.1, -0.05) is 32.0 Å². The second-order valence-electron chi connectivity index (χ2n) is 7.90. The van der Waals surface area contributed by atoms with Crippen LogP contribution in [0.15, 0.2) is 46.1 Å². The molecule has 0 atom stereocenters. The van der Waals surface area contributed by atoms with Gasteiger partial charge in [-0.15, -0.1) is 5.10 Å². The molecule has 0 amide bonds. The first kappa shape index (κ1) is 21.6. The third-order valence-electron chi connectivity index (χ3n) is 5.54. The molecular formula is C23H24FN5O3. The molecule has 8 nitrogen and oxygen atoms in total. The highest BCUT2D eigenvalue weighted by Gasteiger charge is 2.21. The van der Waals surface area contributed by atoms with Gasteiger partial charge in [0.25, 0.3) is 5.56 Å². The monoisotopic (exact) mass is 437 g/mol. The molecule has 1 aromatic carbocycles. The zero-order valence-electron chi connectivity index (χ0n) is 18.3. The van der Waals surface area contributed by atoms with Crippen LogP contribution < -0.4 is 11.2 Å². The fourth-order valence-corrected chi connectivity index (χ4v) is 3.84. The Morgan fingerprint density at radius 1 is 1.19 bits per heavy atom. The standard InChI is InChI=1S/C23H24FN5O3/c1-5-27-19(12-30)26-29(23(27)32)21-17(24)10-15-20(25-21)16(13(2)3)11-28(22(15)31)18-9-7-6-8-14(18)4/h6-11,13,30H,5,12H2,1-4H3. The van der Waals surface area contributed by atoms with Crippen LogP contribution in [0.3, 0.4) is 0 Å². The van der Waals surface area contributed by atoms with Gasteiger partial charge in [-0.2, -0.15) is 4.68 Å². The molecule has 4 rings (SSSR count). The number of pyridine rings is 2. The van der Waals surface area contributed by atoms with E-state index < -0.39 is 23.7 Å². The van der Waals surface area contributed by atoms with Gasteiger partial charge in [0.05, 0.1) is 16.6 Å². The molecule has 0 aliphatic carbocycles. The van der Waals surface area contributed by atoms with Crippen LogP contribution in [0.25, 0.3) is 22.4 Å². The Morgan fingerprint density at radius 2 is 1.91 bits per heavy atom. The SMILES string of the molecule is CCn1c(CO)nn(-c2nc3c(C(C)C)cn(-c4ccccc4C)c(=O)c3cc2F)c1=O. The van der Waals surface area contributed by atoms with Crippen LogP contribution in [-0.2, 0) is 13.2 Å². The molecule has 0 saturated heterocycles. The topological polar surface area (TPSA) is 94.9 Å². The van der Waals surface area contributed by atoms with Crippen molar-refractivity contribution in [2.45, 2.75) is 46.8 Å². The lowest BCUT2D eigenvalue weighted by molar-refractivity contribution is 0.264. The zero-order valence-corrected chi connectivity index (χ0v) is 18.3. The van der Waals surface area contributed by atoms with E-state index in [9.17, 15) is 14.7 Å². The van der Waals surface area contributed by atoms with Crippen LogP contribution in [0.4, 0.5) is 4.39 Å². The molecule has 166 valence electrons. The summed E-state index contributed by atoms with van der Waals surface area (Å²) in [7, 11) is 0. The Labute approximate surface area is 183 Å². The molecule has 1 N–H and O–H groups in total. The number of benzene rings is 1. The van der Waals surface area contributed by atoms with Crippen LogP contribution in [0.5, 0.6) is 0 Å². The first-order valence-corrected chi connectivity index (χ1v) is 10.4. The van der Waals surface area contributed by atoms with Crippen molar-refractivity contribution in [3.05, 3.63) is 80.1 Å². The maximum Gasteiger partial charge on any atom is 0.352 e. The van der Waals surface area contributed by atoms with Gasteiger partial charge in [0, 0.05) is 12.7 Å². The Morgan fingerprint density at radius 3 is 2.50 bits per heavy atom. The van der Waals surface area contributed by atoms with E-state index in [4.69, 9.17) is 0 Å². The summed E-state index contributed by atoms with van der Waals surface area (Å²) < 4.78 is 18.8. The largest absolute Gasteiger partial charge is 0.388 e. The van der Waals surface area contributed by atoms with E-state index in [0.29, 0.717) is 11.2 Å². The van der Waals surface area contributed by atoms with Crippen molar-refractivity contribution in [3.8, 4) is 11.5 Å². The highest BCUT2D eigenvalue weighted by Crippen LogP contribution is 2.26. The Bertz CT molecular complexity index is 1450. The van der Waals surface area contributed by atoms with Crippen LogP contribution >= 0.6 is 0 Å². The van der Waals surface area contributed by atoms with E-state index in [1.807, 2.05) is 45.0 Å². The van der Waals surface area contributed by atoms with E-state index in [1.165, 1.54) is 9.13 Å². The third kappa shape index (κ3) is 3.34. The Kier molecular flexibility index (Phi) is 5.52. The first-order chi connectivity index (χ1) is 15.3. The summed E-state index contributed by atoms with van der Waals surface area (Å²) in [6.07, 6.45) is 1.72. The van der Waals surface area contributed by atoms with Gasteiger partial charge in [-0.3, -0.25) is 13.9 Å². The van der Waals surface area contributed by atoms with E-state index in [1.54, 1.807) is 13.1 Å². The number of aryl methyl sites for hydroxylation is 1. The number of halogens is 1. The smallest absolute Gasteiger partial charge is 0.352 e. The van der Waals surface area contributed by atoms with Crippen molar-refractivity contribution in [1.29, 1.82) is 0 Å². The molecular weight excluding hydrogens is 413 g/mol. The molecule has 0 bridgehead atoms. The summed E-state index contributed by atoms with van der Waals surface area (Å²) >= 11 is 0. The average molecular weight is 437 g/mol. The van der Waals surface area contributed by atoms with Crippen LogP contribution in [0.2, 0.25) is 0 Å². The molecule has 0 radical (unpaired) electrons. The summed E-state index contributed by atoms with van der Waals surface area (Å²) in [6.45, 7) is 7.33. The van der Waals surface area contributed by atoms with Crippen molar-refractivity contribution in [2.75, 3.05) is 0 Å². The molecule has 4 aromatic rings. The highest BCUT2D eigenvalue weighted by atomic mass is 19.1. The van der Waals surface area contributed by atoms with Crippen LogP contribution in [-0.4, -0.2) is 29.0 Å². The predicted octanol–water partition coefficient (Wildman–Crippen LogP) is 2.82. The van der Waals surface area contributed by atoms with Crippen molar-refractivity contribution >= 4 is 10.9 Å². The van der Waals surface area contributed by atoms with Gasteiger partial charge in [0.2, 0.25) is 0 Å². The lowest BCUT2D eigenvalue weighted by atomic mass is 10.0. The number of aromatic nitrogens is 5. The number of nitrogens with zero attached hydrogens (tertiary/aromatic N) is 5. The summed E-state index contributed by atoms with van der Waals surface area (Å²) in [6, 6.07) is 8.56. The van der Waals surface area contributed by atoms with E-state index in [0.717, 1.165) is 21.9 Å². The van der Waals surface area contributed by atoms with Gasteiger partial charge >= 0.3 is 5.69 Å². The lowest BCUT2D eigenvalue weighted by Gasteiger charge is -2.16. The average Bonchev–Trinajstić information content (AvgIpc) is 3.09. The molecule has 0 unspecified atom stereocenters. The first-order valence-electron chi connectivity index (χ1n) is 10.4. The number of hydrogen-bond acceptors (Lipinski definition) is 5. The maximum absolute atomic E-state index is 15.2. The lowest BCUT2D eigenvalue weighted by Crippen LogP contribution is -2.26. The number of para-hydroxylation sites is 1. The maximum atomic E-state index is 15.2. The minimum atomic E-state index is -0.848. The fourth-order valence-electron chi connectivity index (χ4n) is 3.84. The summed E-state index contributed by atoms with van der Waals surface area (Å²) in [4.78, 5) is 30.4. The van der Waals surface area contributed by atoms with E-state index >= 15 is 4.39 Å². The summed E-state index contributed by atoms with van der Waals surface area (Å²) in [5.74, 6) is -1.08. The molecule has 0 saturated carbocycles. The fraction of sp³-hybridized carbons (Fsp3) is 0.304. The number of fused-ring (bicyclic) bond motifs is 1. The van der Waals surface area contributed by atoms with Gasteiger partial charge in [0.1, 0.15) is 6.61 Å². The van der Waals surface area contributed by atoms with Crippen molar-refractivity contribution in [1.82, 2.24) is 23.9 Å². The zero-order chi connectivity index (χ0) is 23.2.